The van der Waals surface area contributed by atoms with E-state index in [4.69, 9.17) is 0 Å². The first-order chi connectivity index (χ1) is 9.66. The molecule has 0 amide bonds. The van der Waals surface area contributed by atoms with Crippen LogP contribution in [0.25, 0.3) is 0 Å². The van der Waals surface area contributed by atoms with Gasteiger partial charge in [-0.15, -0.1) is 0 Å². The summed E-state index contributed by atoms with van der Waals surface area (Å²) >= 11 is 0. The number of carbonyl (C=O) groups excluding carboxylic acids is 1. The van der Waals surface area contributed by atoms with Crippen molar-refractivity contribution in [3.8, 4) is 0 Å². The highest BCUT2D eigenvalue weighted by Crippen LogP contribution is 2.12. The molecule has 2 rings (SSSR count). The fraction of sp³-hybridized carbons (Fsp3) is 0. The van der Waals surface area contributed by atoms with Crippen molar-refractivity contribution in [1.29, 1.82) is 0 Å². The third kappa shape index (κ3) is 3.45. The Bertz CT molecular complexity index is 638. The van der Waals surface area contributed by atoms with Gasteiger partial charge in [-0.1, -0.05) is 11.2 Å². The molecule has 0 atom stereocenters. The van der Waals surface area contributed by atoms with Crippen molar-refractivity contribution < 1.29 is 14.6 Å². The van der Waals surface area contributed by atoms with Crippen LogP contribution in [0.5, 0.6) is 0 Å². The number of oxime groups is 1. The third-order valence-electron chi connectivity index (χ3n) is 2.32. The summed E-state index contributed by atoms with van der Waals surface area (Å²) in [6, 6.07) is 10.3. The lowest BCUT2D eigenvalue weighted by Crippen LogP contribution is -2.01. The van der Waals surface area contributed by atoms with Crippen LogP contribution in [0.4, 0.5) is 5.69 Å². The summed E-state index contributed by atoms with van der Waals surface area (Å²) in [4.78, 5) is 30.1. The van der Waals surface area contributed by atoms with Crippen molar-refractivity contribution >= 4 is 17.9 Å². The van der Waals surface area contributed by atoms with Gasteiger partial charge >= 0.3 is 5.97 Å². The van der Waals surface area contributed by atoms with E-state index in [1.807, 2.05) is 0 Å². The van der Waals surface area contributed by atoms with E-state index in [1.54, 1.807) is 24.4 Å². The first kappa shape index (κ1) is 13.3. The number of aromatic nitrogens is 1. The summed E-state index contributed by atoms with van der Waals surface area (Å²) in [5, 5.41) is 14.0. The van der Waals surface area contributed by atoms with Gasteiger partial charge in [-0.3, -0.25) is 15.1 Å². The maximum absolute atomic E-state index is 11.6. The second-order valence-electron chi connectivity index (χ2n) is 3.67. The van der Waals surface area contributed by atoms with Crippen molar-refractivity contribution in [3.63, 3.8) is 0 Å². The van der Waals surface area contributed by atoms with E-state index >= 15 is 0 Å². The molecule has 0 N–H and O–H groups in total. The Labute approximate surface area is 113 Å². The number of hydrogen-bond acceptors (Lipinski definition) is 6. The highest BCUT2D eigenvalue weighted by molar-refractivity contribution is 5.90. The summed E-state index contributed by atoms with van der Waals surface area (Å²) in [6.07, 6.45) is 2.88. The predicted octanol–water partition coefficient (Wildman–Crippen LogP) is 2.18. The minimum absolute atomic E-state index is 0.0986. The minimum atomic E-state index is -0.702. The minimum Gasteiger partial charge on any atom is -0.313 e. The molecule has 0 aliphatic heterocycles. The Kier molecular flexibility index (Phi) is 4.13. The Hall–Kier alpha value is -3.09. The normalized spacial score (nSPS) is 10.4. The number of benzene rings is 1. The smallest absolute Gasteiger partial charge is 0.313 e. The lowest BCUT2D eigenvalue weighted by atomic mass is 10.2. The molecule has 7 nitrogen and oxygen atoms in total. The molecule has 0 radical (unpaired) electrons. The van der Waals surface area contributed by atoms with Gasteiger partial charge < -0.3 is 4.84 Å². The third-order valence-corrected chi connectivity index (χ3v) is 2.32. The molecule has 0 saturated heterocycles. The van der Waals surface area contributed by atoms with E-state index < -0.39 is 10.9 Å². The van der Waals surface area contributed by atoms with Crippen molar-refractivity contribution in [2.75, 3.05) is 0 Å². The molecular formula is C13H9N3O4. The van der Waals surface area contributed by atoms with E-state index in [0.29, 0.717) is 5.69 Å². The monoisotopic (exact) mass is 271 g/mol. The number of carbonyl (C=O) groups is 1. The van der Waals surface area contributed by atoms with Gasteiger partial charge in [0, 0.05) is 18.3 Å². The van der Waals surface area contributed by atoms with E-state index in [-0.39, 0.29) is 11.3 Å². The maximum atomic E-state index is 11.6. The Morgan fingerprint density at radius 2 is 2.00 bits per heavy atom. The summed E-state index contributed by atoms with van der Waals surface area (Å²) < 4.78 is 0. The van der Waals surface area contributed by atoms with Gasteiger partial charge in [-0.2, -0.15) is 0 Å². The summed E-state index contributed by atoms with van der Waals surface area (Å²) in [6.45, 7) is 0. The Balaban J connectivity index is 1.98. The predicted molar refractivity (Wildman–Crippen MR) is 70.3 cm³/mol. The molecule has 100 valence electrons. The fourth-order valence-corrected chi connectivity index (χ4v) is 1.35. The lowest BCUT2D eigenvalue weighted by molar-refractivity contribution is -0.384. The second-order valence-corrected chi connectivity index (χ2v) is 3.67. The molecule has 0 aliphatic carbocycles. The SMILES string of the molecule is O=C(O/N=C/c1ccccn1)c1ccc([N+](=O)[O-])cc1. The summed E-state index contributed by atoms with van der Waals surface area (Å²) in [7, 11) is 0. The number of nitro benzene ring substituents is 1. The van der Waals surface area contributed by atoms with Crippen LogP contribution in [0, 0.1) is 10.1 Å². The summed E-state index contributed by atoms with van der Waals surface area (Å²) in [5.41, 5.74) is 0.622. The number of pyridine rings is 1. The molecule has 7 heteroatoms. The number of nitrogens with zero attached hydrogens (tertiary/aromatic N) is 3. The van der Waals surface area contributed by atoms with Crippen LogP contribution < -0.4 is 0 Å². The van der Waals surface area contributed by atoms with Crippen molar-refractivity contribution in [2.24, 2.45) is 5.16 Å². The van der Waals surface area contributed by atoms with Crippen molar-refractivity contribution in [2.45, 2.75) is 0 Å². The van der Waals surface area contributed by atoms with Gasteiger partial charge in [0.2, 0.25) is 0 Å². The molecule has 0 spiro atoms. The molecule has 1 aromatic carbocycles. The van der Waals surface area contributed by atoms with Crippen molar-refractivity contribution in [1.82, 2.24) is 4.98 Å². The first-order valence-electron chi connectivity index (χ1n) is 5.57. The molecule has 1 heterocycles. The van der Waals surface area contributed by atoms with E-state index in [0.717, 1.165) is 0 Å². The molecule has 0 bridgehead atoms. The van der Waals surface area contributed by atoms with Crippen LogP contribution >= 0.6 is 0 Å². The molecule has 0 unspecified atom stereocenters. The molecular weight excluding hydrogens is 262 g/mol. The van der Waals surface area contributed by atoms with Crippen LogP contribution in [0.2, 0.25) is 0 Å². The van der Waals surface area contributed by atoms with Crippen LogP contribution in [-0.2, 0) is 4.84 Å². The standard InChI is InChI=1S/C13H9N3O4/c17-13(10-4-6-12(7-5-10)16(18)19)20-15-9-11-3-1-2-8-14-11/h1-9H/b15-9+. The highest BCUT2D eigenvalue weighted by atomic mass is 16.7. The highest BCUT2D eigenvalue weighted by Gasteiger charge is 2.10. The topological polar surface area (TPSA) is 94.7 Å². The zero-order valence-corrected chi connectivity index (χ0v) is 10.2. The van der Waals surface area contributed by atoms with Crippen LogP contribution in [0.1, 0.15) is 16.1 Å². The average Bonchev–Trinajstić information content (AvgIpc) is 2.48. The fourth-order valence-electron chi connectivity index (χ4n) is 1.35. The quantitative estimate of drug-likeness (QED) is 0.367. The lowest BCUT2D eigenvalue weighted by Gasteiger charge is -1.97. The summed E-state index contributed by atoms with van der Waals surface area (Å²) in [5.74, 6) is -0.702. The second kappa shape index (κ2) is 6.19. The first-order valence-corrected chi connectivity index (χ1v) is 5.57. The van der Waals surface area contributed by atoms with E-state index in [9.17, 15) is 14.9 Å². The van der Waals surface area contributed by atoms with Gasteiger partial charge in [-0.25, -0.2) is 4.79 Å². The molecule has 2 aromatic rings. The number of hydrogen-bond donors (Lipinski definition) is 0. The van der Waals surface area contributed by atoms with Gasteiger partial charge in [-0.05, 0) is 24.3 Å². The van der Waals surface area contributed by atoms with E-state index in [2.05, 4.69) is 15.0 Å². The zero-order chi connectivity index (χ0) is 14.4. The molecule has 0 saturated carbocycles. The Morgan fingerprint density at radius 1 is 1.25 bits per heavy atom. The number of non-ortho nitro benzene ring substituents is 1. The van der Waals surface area contributed by atoms with Gasteiger partial charge in [0.15, 0.2) is 0 Å². The van der Waals surface area contributed by atoms with Gasteiger partial charge in [0.1, 0.15) is 0 Å². The van der Waals surface area contributed by atoms with E-state index in [1.165, 1.54) is 30.5 Å². The number of rotatable bonds is 4. The maximum Gasteiger partial charge on any atom is 0.365 e. The Morgan fingerprint density at radius 3 is 2.60 bits per heavy atom. The van der Waals surface area contributed by atoms with Gasteiger partial charge in [0.05, 0.1) is 22.4 Å². The molecule has 20 heavy (non-hydrogen) atoms. The number of nitro groups is 1. The van der Waals surface area contributed by atoms with Crippen LogP contribution in [-0.4, -0.2) is 22.1 Å². The largest absolute Gasteiger partial charge is 0.365 e. The molecule has 0 fully saturated rings. The van der Waals surface area contributed by atoms with Crippen LogP contribution in [0.15, 0.2) is 53.8 Å². The van der Waals surface area contributed by atoms with Crippen molar-refractivity contribution in [3.05, 3.63) is 70.0 Å². The molecule has 1 aromatic heterocycles. The molecule has 0 aliphatic rings. The van der Waals surface area contributed by atoms with Gasteiger partial charge in [0.25, 0.3) is 5.69 Å². The van der Waals surface area contributed by atoms with Crippen LogP contribution in [0.3, 0.4) is 0 Å². The average molecular weight is 271 g/mol. The zero-order valence-electron chi connectivity index (χ0n) is 10.2.